The topological polar surface area (TPSA) is 67.8 Å². The van der Waals surface area contributed by atoms with E-state index in [9.17, 15) is 23.1 Å². The fourth-order valence-corrected chi connectivity index (χ4v) is 2.73. The molecule has 3 aromatic rings. The molecule has 0 aliphatic heterocycles. The van der Waals surface area contributed by atoms with Crippen LogP contribution in [0.4, 0.5) is 18.9 Å². The summed E-state index contributed by atoms with van der Waals surface area (Å²) in [6.45, 7) is 0.275. The molecule has 5 nitrogen and oxygen atoms in total. The summed E-state index contributed by atoms with van der Waals surface area (Å²) in [5, 5.41) is 12.5. The van der Waals surface area contributed by atoms with Crippen LogP contribution in [0.1, 0.15) is 17.2 Å². The maximum atomic E-state index is 12.3. The van der Waals surface area contributed by atoms with Crippen LogP contribution in [0.15, 0.2) is 78.9 Å². The Morgan fingerprint density at radius 1 is 0.933 bits per heavy atom. The van der Waals surface area contributed by atoms with Crippen LogP contribution in [0.25, 0.3) is 0 Å². The van der Waals surface area contributed by atoms with Gasteiger partial charge in [0.2, 0.25) is 6.10 Å². The summed E-state index contributed by atoms with van der Waals surface area (Å²) in [6, 6.07) is 20.9. The zero-order chi connectivity index (χ0) is 21.6. The highest BCUT2D eigenvalue weighted by atomic mass is 19.4. The molecule has 0 aliphatic rings. The van der Waals surface area contributed by atoms with Crippen LogP contribution in [0.2, 0.25) is 0 Å². The average molecular weight is 417 g/mol. The van der Waals surface area contributed by atoms with Gasteiger partial charge in [0, 0.05) is 17.8 Å². The van der Waals surface area contributed by atoms with Crippen LogP contribution in [-0.2, 0) is 11.3 Å². The number of carbonyl (C=O) groups is 1. The Kier molecular flexibility index (Phi) is 6.46. The van der Waals surface area contributed by atoms with Crippen molar-refractivity contribution in [2.75, 3.05) is 5.32 Å². The van der Waals surface area contributed by atoms with Gasteiger partial charge >= 0.3 is 12.3 Å². The standard InChI is InChI=1S/C22H18F3NO4/c23-22(24,25)30-19-8-4-5-15(13-19)14-26-17-9-11-18(12-10-17)29-20(21(27)28)16-6-2-1-3-7-16/h1-13,20,26H,14H2,(H,27,28). The Bertz CT molecular complexity index is 976. The third kappa shape index (κ3) is 6.16. The molecule has 0 aromatic heterocycles. The lowest BCUT2D eigenvalue weighted by molar-refractivity contribution is -0.274. The quantitative estimate of drug-likeness (QED) is 0.514. The minimum absolute atomic E-state index is 0.275. The highest BCUT2D eigenvalue weighted by molar-refractivity contribution is 5.74. The summed E-state index contributed by atoms with van der Waals surface area (Å²) >= 11 is 0. The first kappa shape index (κ1) is 21.0. The summed E-state index contributed by atoms with van der Waals surface area (Å²) in [5.74, 6) is -1.02. The summed E-state index contributed by atoms with van der Waals surface area (Å²) in [4.78, 5) is 11.5. The third-order valence-electron chi connectivity index (χ3n) is 4.06. The second kappa shape index (κ2) is 9.21. The van der Waals surface area contributed by atoms with Gasteiger partial charge in [0.15, 0.2) is 0 Å². The summed E-state index contributed by atoms with van der Waals surface area (Å²) in [7, 11) is 0. The third-order valence-corrected chi connectivity index (χ3v) is 4.06. The van der Waals surface area contributed by atoms with Crippen molar-refractivity contribution in [3.05, 3.63) is 90.0 Å². The van der Waals surface area contributed by atoms with E-state index in [2.05, 4.69) is 10.1 Å². The van der Waals surface area contributed by atoms with Crippen LogP contribution in [-0.4, -0.2) is 17.4 Å². The number of hydrogen-bond donors (Lipinski definition) is 2. The van der Waals surface area contributed by atoms with E-state index >= 15 is 0 Å². The molecule has 0 saturated carbocycles. The predicted octanol–water partition coefficient (Wildman–Crippen LogP) is 5.40. The second-order valence-electron chi connectivity index (χ2n) is 6.32. The van der Waals surface area contributed by atoms with Crippen molar-refractivity contribution in [3.8, 4) is 11.5 Å². The molecule has 0 radical (unpaired) electrons. The molecule has 0 saturated heterocycles. The number of hydrogen-bond acceptors (Lipinski definition) is 4. The zero-order valence-corrected chi connectivity index (χ0v) is 15.6. The number of benzene rings is 3. The highest BCUT2D eigenvalue weighted by Gasteiger charge is 2.31. The fraction of sp³-hybridized carbons (Fsp3) is 0.136. The molecule has 0 bridgehead atoms. The molecular weight excluding hydrogens is 399 g/mol. The molecule has 3 rings (SSSR count). The maximum Gasteiger partial charge on any atom is 0.573 e. The Morgan fingerprint density at radius 3 is 2.27 bits per heavy atom. The number of rotatable bonds is 8. The minimum Gasteiger partial charge on any atom is -0.478 e. The SMILES string of the molecule is O=C(O)C(Oc1ccc(NCc2cccc(OC(F)(F)F)c2)cc1)c1ccccc1. The van der Waals surface area contributed by atoms with Gasteiger partial charge in [-0.25, -0.2) is 4.79 Å². The highest BCUT2D eigenvalue weighted by Crippen LogP contribution is 2.25. The Morgan fingerprint density at radius 2 is 1.63 bits per heavy atom. The van der Waals surface area contributed by atoms with Gasteiger partial charge in [0.1, 0.15) is 11.5 Å². The second-order valence-corrected chi connectivity index (χ2v) is 6.32. The van der Waals surface area contributed by atoms with Gasteiger partial charge < -0.3 is 19.9 Å². The van der Waals surface area contributed by atoms with E-state index in [1.807, 2.05) is 0 Å². The van der Waals surface area contributed by atoms with E-state index < -0.39 is 18.4 Å². The van der Waals surface area contributed by atoms with Crippen molar-refractivity contribution in [1.29, 1.82) is 0 Å². The molecule has 0 aliphatic carbocycles. The molecule has 8 heteroatoms. The molecular formula is C22H18F3NO4. The number of alkyl halides is 3. The van der Waals surface area contributed by atoms with E-state index in [1.54, 1.807) is 60.7 Å². The monoisotopic (exact) mass is 417 g/mol. The maximum absolute atomic E-state index is 12.3. The predicted molar refractivity (Wildman–Crippen MR) is 104 cm³/mol. The van der Waals surface area contributed by atoms with Gasteiger partial charge in [-0.3, -0.25) is 0 Å². The van der Waals surface area contributed by atoms with E-state index in [1.165, 1.54) is 18.2 Å². The van der Waals surface area contributed by atoms with Gasteiger partial charge in [-0.2, -0.15) is 0 Å². The largest absolute Gasteiger partial charge is 0.573 e. The Labute approximate surface area is 170 Å². The number of carboxylic acids is 1. The van der Waals surface area contributed by atoms with Gasteiger partial charge in [-0.1, -0.05) is 42.5 Å². The summed E-state index contributed by atoms with van der Waals surface area (Å²) in [6.07, 6.45) is -5.88. The average Bonchev–Trinajstić information content (AvgIpc) is 2.71. The smallest absolute Gasteiger partial charge is 0.478 e. The van der Waals surface area contributed by atoms with E-state index in [0.717, 1.165) is 0 Å². The molecule has 1 atom stereocenters. The molecule has 0 spiro atoms. The first-order chi connectivity index (χ1) is 14.3. The molecule has 0 fully saturated rings. The Hall–Kier alpha value is -3.68. The molecule has 0 heterocycles. The number of nitrogens with one attached hydrogen (secondary N) is 1. The number of ether oxygens (including phenoxy) is 2. The van der Waals surface area contributed by atoms with E-state index in [4.69, 9.17) is 4.74 Å². The van der Waals surface area contributed by atoms with Crippen LogP contribution in [0.3, 0.4) is 0 Å². The molecule has 1 unspecified atom stereocenters. The molecule has 3 aromatic carbocycles. The lowest BCUT2D eigenvalue weighted by Crippen LogP contribution is -2.18. The Balaban J connectivity index is 1.61. The summed E-state index contributed by atoms with van der Waals surface area (Å²) in [5.41, 5.74) is 1.82. The lowest BCUT2D eigenvalue weighted by atomic mass is 10.1. The lowest BCUT2D eigenvalue weighted by Gasteiger charge is -2.16. The van der Waals surface area contributed by atoms with E-state index in [-0.39, 0.29) is 12.3 Å². The van der Waals surface area contributed by atoms with Gasteiger partial charge in [0.25, 0.3) is 0 Å². The van der Waals surface area contributed by atoms with Crippen LogP contribution >= 0.6 is 0 Å². The normalized spacial score (nSPS) is 12.1. The van der Waals surface area contributed by atoms with Gasteiger partial charge in [0.05, 0.1) is 0 Å². The van der Waals surface area contributed by atoms with Gasteiger partial charge in [-0.05, 0) is 42.0 Å². The fourth-order valence-electron chi connectivity index (χ4n) is 2.73. The molecule has 2 N–H and O–H groups in total. The molecule has 156 valence electrons. The van der Waals surface area contributed by atoms with Crippen molar-refractivity contribution in [2.24, 2.45) is 0 Å². The van der Waals surface area contributed by atoms with Gasteiger partial charge in [-0.15, -0.1) is 13.2 Å². The van der Waals surface area contributed by atoms with E-state index in [0.29, 0.717) is 22.6 Å². The van der Waals surface area contributed by atoms with Crippen molar-refractivity contribution >= 4 is 11.7 Å². The number of aliphatic carboxylic acids is 1. The summed E-state index contributed by atoms with van der Waals surface area (Å²) < 4.78 is 46.5. The van der Waals surface area contributed by atoms with Crippen molar-refractivity contribution in [1.82, 2.24) is 0 Å². The molecule has 0 amide bonds. The van der Waals surface area contributed by atoms with Crippen molar-refractivity contribution < 1.29 is 32.5 Å². The number of halogens is 3. The zero-order valence-electron chi connectivity index (χ0n) is 15.6. The number of carboxylic acid groups (broad SMARTS) is 1. The molecule has 30 heavy (non-hydrogen) atoms. The van der Waals surface area contributed by atoms with Crippen LogP contribution < -0.4 is 14.8 Å². The minimum atomic E-state index is -4.74. The van der Waals surface area contributed by atoms with Crippen LogP contribution in [0, 0.1) is 0 Å². The first-order valence-corrected chi connectivity index (χ1v) is 8.93. The first-order valence-electron chi connectivity index (χ1n) is 8.93. The van der Waals surface area contributed by atoms with Crippen LogP contribution in [0.5, 0.6) is 11.5 Å². The number of anilines is 1. The van der Waals surface area contributed by atoms with Crippen molar-refractivity contribution in [2.45, 2.75) is 19.0 Å². The van der Waals surface area contributed by atoms with Crippen molar-refractivity contribution in [3.63, 3.8) is 0 Å².